The summed E-state index contributed by atoms with van der Waals surface area (Å²) in [5, 5.41) is 0.796. The van der Waals surface area contributed by atoms with Crippen LogP contribution in [0.1, 0.15) is 11.3 Å². The van der Waals surface area contributed by atoms with Gasteiger partial charge in [-0.05, 0) is 31.2 Å². The number of hydrogen-bond donors (Lipinski definition) is 1. The van der Waals surface area contributed by atoms with Crippen molar-refractivity contribution in [3.63, 3.8) is 0 Å². The average Bonchev–Trinajstić information content (AvgIpc) is 3.08. The van der Waals surface area contributed by atoms with Gasteiger partial charge in [-0.1, -0.05) is 29.8 Å². The number of thiophene rings is 1. The Morgan fingerprint density at radius 3 is 2.48 bits per heavy atom. The number of halogens is 1. The Hall–Kier alpha value is -0.960. The first-order chi connectivity index (χ1) is 12.9. The molecule has 5 nitrogen and oxygen atoms in total. The number of rotatable bonds is 8. The van der Waals surface area contributed by atoms with Crippen LogP contribution in [-0.4, -0.2) is 63.7 Å². The predicted octanol–water partition coefficient (Wildman–Crippen LogP) is 3.13. The van der Waals surface area contributed by atoms with Crippen LogP contribution in [0.25, 0.3) is 10.4 Å². The SMILES string of the molecule is CS(=O)(=O)NCCCN1CCN(Cc2ccc(-c3ccccc3Cl)s2)CC1. The number of piperazine rings is 1. The van der Waals surface area contributed by atoms with Gasteiger partial charge in [-0.15, -0.1) is 11.3 Å². The molecule has 1 aliphatic heterocycles. The summed E-state index contributed by atoms with van der Waals surface area (Å²) in [7, 11) is -3.08. The first-order valence-corrected chi connectivity index (χ1v) is 12.2. The lowest BCUT2D eigenvalue weighted by atomic mass is 10.2. The molecular formula is C19H26ClN3O2S2. The third kappa shape index (κ3) is 6.55. The predicted molar refractivity (Wildman–Crippen MR) is 114 cm³/mol. The highest BCUT2D eigenvalue weighted by Crippen LogP contribution is 2.33. The fourth-order valence-corrected chi connectivity index (χ4v) is 5.12. The van der Waals surface area contributed by atoms with Crippen molar-refractivity contribution in [2.45, 2.75) is 13.0 Å². The molecule has 0 unspecified atom stereocenters. The highest BCUT2D eigenvalue weighted by atomic mass is 35.5. The Kier molecular flexibility index (Phi) is 7.30. The van der Waals surface area contributed by atoms with Crippen molar-refractivity contribution >= 4 is 33.0 Å². The third-order valence-corrected chi connectivity index (χ3v) is 6.82. The Labute approximate surface area is 171 Å². The molecule has 0 aliphatic carbocycles. The maximum Gasteiger partial charge on any atom is 0.208 e. The van der Waals surface area contributed by atoms with E-state index in [1.165, 1.54) is 16.0 Å². The standard InChI is InChI=1S/C19H26ClN3O2S2/c1-27(24,25)21-9-4-10-22-11-13-23(14-12-22)15-16-7-8-19(26-16)17-5-2-3-6-18(17)20/h2-3,5-8,21H,4,9-15H2,1H3. The third-order valence-electron chi connectivity index (χ3n) is 4.66. The van der Waals surface area contributed by atoms with Crippen LogP contribution in [-0.2, 0) is 16.6 Å². The Balaban J connectivity index is 1.43. The van der Waals surface area contributed by atoms with Crippen molar-refractivity contribution in [3.8, 4) is 10.4 Å². The topological polar surface area (TPSA) is 52.7 Å². The van der Waals surface area contributed by atoms with E-state index in [1.807, 2.05) is 29.5 Å². The molecule has 1 N–H and O–H groups in total. The lowest BCUT2D eigenvalue weighted by Crippen LogP contribution is -2.46. The van der Waals surface area contributed by atoms with Gasteiger partial charge in [0.15, 0.2) is 0 Å². The zero-order valence-electron chi connectivity index (χ0n) is 15.5. The van der Waals surface area contributed by atoms with Gasteiger partial charge in [0, 0.05) is 59.6 Å². The highest BCUT2D eigenvalue weighted by Gasteiger charge is 2.17. The van der Waals surface area contributed by atoms with Gasteiger partial charge in [-0.25, -0.2) is 13.1 Å². The van der Waals surface area contributed by atoms with Crippen molar-refractivity contribution < 1.29 is 8.42 Å². The maximum absolute atomic E-state index is 11.1. The van der Waals surface area contributed by atoms with Crippen LogP contribution in [0, 0.1) is 0 Å². The van der Waals surface area contributed by atoms with Gasteiger partial charge in [0.2, 0.25) is 10.0 Å². The molecule has 8 heteroatoms. The van der Waals surface area contributed by atoms with E-state index in [0.717, 1.165) is 56.3 Å². The molecule has 1 aromatic carbocycles. The van der Waals surface area contributed by atoms with Crippen LogP contribution in [0.3, 0.4) is 0 Å². The Bertz CT molecular complexity index is 846. The van der Waals surface area contributed by atoms with Gasteiger partial charge in [0.1, 0.15) is 0 Å². The molecule has 27 heavy (non-hydrogen) atoms. The van der Waals surface area contributed by atoms with Crippen LogP contribution in [0.5, 0.6) is 0 Å². The van der Waals surface area contributed by atoms with E-state index in [1.54, 1.807) is 0 Å². The Morgan fingerprint density at radius 1 is 1.07 bits per heavy atom. The minimum atomic E-state index is -3.08. The number of benzene rings is 1. The lowest BCUT2D eigenvalue weighted by molar-refractivity contribution is 0.127. The average molecular weight is 428 g/mol. The summed E-state index contributed by atoms with van der Waals surface area (Å²) in [6.07, 6.45) is 2.05. The van der Waals surface area contributed by atoms with E-state index in [0.29, 0.717) is 6.54 Å². The molecule has 3 rings (SSSR count). The van der Waals surface area contributed by atoms with Crippen LogP contribution in [0.15, 0.2) is 36.4 Å². The number of nitrogens with one attached hydrogen (secondary N) is 1. The summed E-state index contributed by atoms with van der Waals surface area (Å²) in [6, 6.07) is 12.3. The second-order valence-corrected chi connectivity index (χ2v) is 10.3. The summed E-state index contributed by atoms with van der Waals surface area (Å²) < 4.78 is 24.7. The summed E-state index contributed by atoms with van der Waals surface area (Å²) in [5.41, 5.74) is 1.10. The second kappa shape index (κ2) is 9.49. The molecule has 2 aromatic rings. The molecule has 0 spiro atoms. The second-order valence-electron chi connectivity index (χ2n) is 6.88. The van der Waals surface area contributed by atoms with Gasteiger partial charge in [-0.2, -0.15) is 0 Å². The van der Waals surface area contributed by atoms with Crippen molar-refractivity contribution in [2.75, 3.05) is 45.5 Å². The smallest absolute Gasteiger partial charge is 0.208 e. The molecule has 0 radical (unpaired) electrons. The fourth-order valence-electron chi connectivity index (χ4n) is 3.22. The van der Waals surface area contributed by atoms with Crippen molar-refractivity contribution in [3.05, 3.63) is 46.3 Å². The highest BCUT2D eigenvalue weighted by molar-refractivity contribution is 7.88. The molecule has 0 amide bonds. The number of nitrogens with zero attached hydrogens (tertiary/aromatic N) is 2. The molecule has 1 aromatic heterocycles. The lowest BCUT2D eigenvalue weighted by Gasteiger charge is -2.34. The molecule has 1 fully saturated rings. The quantitative estimate of drug-likeness (QED) is 0.657. The zero-order valence-corrected chi connectivity index (χ0v) is 17.9. The van der Waals surface area contributed by atoms with Crippen LogP contribution >= 0.6 is 22.9 Å². The van der Waals surface area contributed by atoms with Gasteiger partial charge < -0.3 is 4.90 Å². The van der Waals surface area contributed by atoms with Gasteiger partial charge in [0.25, 0.3) is 0 Å². The van der Waals surface area contributed by atoms with Gasteiger partial charge in [0.05, 0.1) is 6.26 Å². The van der Waals surface area contributed by atoms with E-state index < -0.39 is 10.0 Å². The van der Waals surface area contributed by atoms with E-state index in [4.69, 9.17) is 11.6 Å². The maximum atomic E-state index is 11.1. The molecule has 1 saturated heterocycles. The molecule has 0 atom stereocenters. The Morgan fingerprint density at radius 2 is 1.78 bits per heavy atom. The van der Waals surface area contributed by atoms with Crippen molar-refractivity contribution in [2.24, 2.45) is 0 Å². The van der Waals surface area contributed by atoms with Crippen LogP contribution in [0.4, 0.5) is 0 Å². The van der Waals surface area contributed by atoms with E-state index in [-0.39, 0.29) is 0 Å². The van der Waals surface area contributed by atoms with Crippen LogP contribution < -0.4 is 4.72 Å². The van der Waals surface area contributed by atoms with Gasteiger partial charge in [-0.3, -0.25) is 4.90 Å². The van der Waals surface area contributed by atoms with E-state index >= 15 is 0 Å². The summed E-state index contributed by atoms with van der Waals surface area (Å²) in [4.78, 5) is 7.46. The largest absolute Gasteiger partial charge is 0.301 e. The molecule has 0 saturated carbocycles. The summed E-state index contributed by atoms with van der Waals surface area (Å²) in [6.45, 7) is 6.56. The number of hydrogen-bond acceptors (Lipinski definition) is 5. The first-order valence-electron chi connectivity index (χ1n) is 9.14. The van der Waals surface area contributed by atoms with Crippen molar-refractivity contribution in [1.29, 1.82) is 0 Å². The van der Waals surface area contributed by atoms with Gasteiger partial charge >= 0.3 is 0 Å². The zero-order chi connectivity index (χ0) is 19.3. The minimum absolute atomic E-state index is 0.513. The normalized spacial score (nSPS) is 16.7. The summed E-state index contributed by atoms with van der Waals surface area (Å²) in [5.74, 6) is 0. The fraction of sp³-hybridized carbons (Fsp3) is 0.474. The van der Waals surface area contributed by atoms with Crippen LogP contribution in [0.2, 0.25) is 5.02 Å². The molecular weight excluding hydrogens is 402 g/mol. The van der Waals surface area contributed by atoms with E-state index in [2.05, 4.69) is 32.7 Å². The van der Waals surface area contributed by atoms with Crippen molar-refractivity contribution in [1.82, 2.24) is 14.5 Å². The minimum Gasteiger partial charge on any atom is -0.301 e. The monoisotopic (exact) mass is 427 g/mol. The van der Waals surface area contributed by atoms with E-state index in [9.17, 15) is 8.42 Å². The molecule has 148 valence electrons. The molecule has 0 bridgehead atoms. The number of sulfonamides is 1. The molecule has 1 aliphatic rings. The summed E-state index contributed by atoms with van der Waals surface area (Å²) >= 11 is 8.11. The first kappa shape index (κ1) is 20.8. The molecule has 2 heterocycles.